The van der Waals surface area contributed by atoms with Gasteiger partial charge in [-0.2, -0.15) is 35.1 Å². The number of hydrogen-bond donors (Lipinski definition) is 1. The molecule has 1 aliphatic heterocycles. The molecule has 0 amide bonds. The van der Waals surface area contributed by atoms with Crippen molar-refractivity contribution in [1.29, 1.82) is 0 Å². The lowest BCUT2D eigenvalue weighted by Gasteiger charge is -2.52. The van der Waals surface area contributed by atoms with Gasteiger partial charge in [-0.05, 0) is 0 Å². The monoisotopic (exact) mass is 241 g/mol. The fourth-order valence-corrected chi connectivity index (χ4v) is 1.21. The summed E-state index contributed by atoms with van der Waals surface area (Å²) < 4.78 is 97.4. The summed E-state index contributed by atoms with van der Waals surface area (Å²) in [6.45, 7) is 2.37. The SMILES string of the molecule is C=C1NC(C(F)(F)F)(C(F)(F)F)C1(F)F. The topological polar surface area (TPSA) is 12.0 Å². The second-order valence-electron chi connectivity index (χ2n) is 2.92. The molecule has 1 heterocycles. The van der Waals surface area contributed by atoms with Crippen molar-refractivity contribution >= 4 is 0 Å². The highest BCUT2D eigenvalue weighted by atomic mass is 19.4. The van der Waals surface area contributed by atoms with Gasteiger partial charge >= 0.3 is 18.3 Å². The van der Waals surface area contributed by atoms with Crippen LogP contribution in [0.1, 0.15) is 0 Å². The van der Waals surface area contributed by atoms with Crippen LogP contribution in [-0.2, 0) is 0 Å². The Hall–Kier alpha value is -1.02. The van der Waals surface area contributed by atoms with Crippen LogP contribution in [0.4, 0.5) is 35.1 Å². The van der Waals surface area contributed by atoms with Crippen LogP contribution in [0.3, 0.4) is 0 Å². The van der Waals surface area contributed by atoms with E-state index in [-0.39, 0.29) is 0 Å². The first-order valence-corrected chi connectivity index (χ1v) is 3.37. The van der Waals surface area contributed by atoms with Gasteiger partial charge in [-0.1, -0.05) is 6.58 Å². The summed E-state index contributed by atoms with van der Waals surface area (Å²) in [5.41, 5.74) is -6.82. The first kappa shape index (κ1) is 12.1. The van der Waals surface area contributed by atoms with Crippen LogP contribution in [-0.4, -0.2) is 23.8 Å². The average molecular weight is 241 g/mol. The number of halogens is 8. The van der Waals surface area contributed by atoms with Gasteiger partial charge in [0.25, 0.3) is 5.54 Å². The van der Waals surface area contributed by atoms with Gasteiger partial charge in [-0.25, -0.2) is 0 Å². The van der Waals surface area contributed by atoms with Crippen LogP contribution >= 0.6 is 0 Å². The van der Waals surface area contributed by atoms with E-state index < -0.39 is 29.5 Å². The molecule has 88 valence electrons. The van der Waals surface area contributed by atoms with Crippen molar-refractivity contribution in [2.24, 2.45) is 0 Å². The first-order valence-electron chi connectivity index (χ1n) is 3.37. The molecule has 1 N–H and O–H groups in total. The molecule has 0 saturated carbocycles. The highest BCUT2D eigenvalue weighted by molar-refractivity contribution is 5.35. The van der Waals surface area contributed by atoms with Crippen LogP contribution in [0.5, 0.6) is 0 Å². The van der Waals surface area contributed by atoms with Gasteiger partial charge in [0.05, 0.1) is 5.70 Å². The Morgan fingerprint density at radius 3 is 1.33 bits per heavy atom. The standard InChI is InChI=1S/C6H3F8N/c1-2-3(7,8)4(15-2,5(9,10)11)6(12,13)14/h15H,1H2. The summed E-state index contributed by atoms with van der Waals surface area (Å²) in [7, 11) is 0. The lowest BCUT2D eigenvalue weighted by molar-refractivity contribution is -0.377. The Kier molecular flexibility index (Phi) is 2.06. The minimum Gasteiger partial charge on any atom is -0.358 e. The maximum Gasteiger partial charge on any atom is 0.426 e. The Morgan fingerprint density at radius 2 is 1.27 bits per heavy atom. The van der Waals surface area contributed by atoms with Gasteiger partial charge in [-0.15, -0.1) is 0 Å². The first-order chi connectivity index (χ1) is 6.38. The molecule has 0 atom stereocenters. The molecular weight excluding hydrogens is 238 g/mol. The van der Waals surface area contributed by atoms with Gasteiger partial charge < -0.3 is 5.32 Å². The van der Waals surface area contributed by atoms with Gasteiger partial charge in [0.1, 0.15) is 0 Å². The maximum atomic E-state index is 12.6. The van der Waals surface area contributed by atoms with E-state index in [9.17, 15) is 35.1 Å². The summed E-state index contributed by atoms with van der Waals surface area (Å²) in [6.07, 6.45) is -12.3. The van der Waals surface area contributed by atoms with Crippen molar-refractivity contribution in [2.75, 3.05) is 0 Å². The van der Waals surface area contributed by atoms with Crippen molar-refractivity contribution in [3.63, 3.8) is 0 Å². The molecule has 1 rings (SSSR count). The van der Waals surface area contributed by atoms with E-state index in [1.807, 2.05) is 0 Å². The normalized spacial score (nSPS) is 24.4. The van der Waals surface area contributed by atoms with E-state index in [0.29, 0.717) is 5.32 Å². The van der Waals surface area contributed by atoms with Crippen LogP contribution in [0, 0.1) is 0 Å². The van der Waals surface area contributed by atoms with Gasteiger partial charge in [0.2, 0.25) is 0 Å². The van der Waals surface area contributed by atoms with Crippen LogP contribution < -0.4 is 5.32 Å². The predicted molar refractivity (Wildman–Crippen MR) is 32.1 cm³/mol. The molecule has 0 aliphatic carbocycles. The van der Waals surface area contributed by atoms with E-state index in [2.05, 4.69) is 6.58 Å². The van der Waals surface area contributed by atoms with E-state index in [4.69, 9.17) is 0 Å². The molecule has 1 saturated heterocycles. The summed E-state index contributed by atoms with van der Waals surface area (Å²) in [5.74, 6) is -5.09. The van der Waals surface area contributed by atoms with Crippen molar-refractivity contribution in [3.8, 4) is 0 Å². The highest BCUT2D eigenvalue weighted by Gasteiger charge is 2.89. The molecule has 9 heteroatoms. The number of nitrogens with one attached hydrogen (secondary N) is 1. The molecule has 15 heavy (non-hydrogen) atoms. The predicted octanol–water partition coefficient (Wildman–Crippen LogP) is 2.60. The molecule has 0 radical (unpaired) electrons. The summed E-state index contributed by atoms with van der Waals surface area (Å²) in [4.78, 5) is 0. The van der Waals surface area contributed by atoms with Gasteiger partial charge in [0, 0.05) is 0 Å². The van der Waals surface area contributed by atoms with Gasteiger partial charge in [0.15, 0.2) is 0 Å². The zero-order valence-electron chi connectivity index (χ0n) is 6.73. The van der Waals surface area contributed by atoms with E-state index in [0.717, 1.165) is 0 Å². The minimum absolute atomic E-state index is 0.632. The number of alkyl halides is 8. The molecule has 1 nitrogen and oxygen atoms in total. The number of hydrogen-bond acceptors (Lipinski definition) is 1. The molecule has 0 aromatic rings. The Bertz CT molecular complexity index is 283. The Balaban J connectivity index is 3.32. The third-order valence-corrected chi connectivity index (χ3v) is 2.04. The molecule has 1 fully saturated rings. The van der Waals surface area contributed by atoms with E-state index in [1.54, 1.807) is 0 Å². The smallest absolute Gasteiger partial charge is 0.358 e. The van der Waals surface area contributed by atoms with Crippen LogP contribution in [0.2, 0.25) is 0 Å². The summed E-state index contributed by atoms with van der Waals surface area (Å²) in [6, 6.07) is 0. The second kappa shape index (κ2) is 2.56. The van der Waals surface area contributed by atoms with E-state index >= 15 is 0 Å². The van der Waals surface area contributed by atoms with Crippen LogP contribution in [0.15, 0.2) is 12.3 Å². The quantitative estimate of drug-likeness (QED) is 0.643. The maximum absolute atomic E-state index is 12.6. The van der Waals surface area contributed by atoms with Crippen molar-refractivity contribution < 1.29 is 35.1 Å². The molecule has 0 aromatic heterocycles. The fourth-order valence-electron chi connectivity index (χ4n) is 1.21. The van der Waals surface area contributed by atoms with E-state index in [1.165, 1.54) is 0 Å². The Morgan fingerprint density at radius 1 is 0.933 bits per heavy atom. The number of rotatable bonds is 0. The minimum atomic E-state index is -6.16. The van der Waals surface area contributed by atoms with Crippen molar-refractivity contribution in [1.82, 2.24) is 5.32 Å². The summed E-state index contributed by atoms with van der Waals surface area (Å²) >= 11 is 0. The molecular formula is C6H3F8N. The van der Waals surface area contributed by atoms with Crippen LogP contribution in [0.25, 0.3) is 0 Å². The zero-order chi connectivity index (χ0) is 12.3. The second-order valence-corrected chi connectivity index (χ2v) is 2.92. The average Bonchev–Trinajstić information content (AvgIpc) is 1.94. The van der Waals surface area contributed by atoms with Crippen molar-refractivity contribution in [3.05, 3.63) is 12.3 Å². The molecule has 0 aromatic carbocycles. The Labute approximate surface area is 77.7 Å². The third kappa shape index (κ3) is 1.14. The molecule has 0 bridgehead atoms. The van der Waals surface area contributed by atoms with Gasteiger partial charge in [-0.3, -0.25) is 0 Å². The molecule has 1 aliphatic rings. The molecule has 0 spiro atoms. The largest absolute Gasteiger partial charge is 0.426 e. The third-order valence-electron chi connectivity index (χ3n) is 2.04. The lowest BCUT2D eigenvalue weighted by atomic mass is 9.79. The van der Waals surface area contributed by atoms with Crippen molar-refractivity contribution in [2.45, 2.75) is 23.8 Å². The summed E-state index contributed by atoms with van der Waals surface area (Å²) in [5, 5.41) is 0.632. The fraction of sp³-hybridized carbons (Fsp3) is 0.667. The lowest BCUT2D eigenvalue weighted by Crippen LogP contribution is -2.84. The zero-order valence-corrected chi connectivity index (χ0v) is 6.73. The molecule has 0 unspecified atom stereocenters. The highest BCUT2D eigenvalue weighted by Crippen LogP contribution is 2.59.